The van der Waals surface area contributed by atoms with Crippen LogP contribution in [-0.4, -0.2) is 132 Å². The van der Waals surface area contributed by atoms with Gasteiger partial charge in [0.05, 0.1) is 0 Å². The first-order chi connectivity index (χ1) is 25.8. The smallest absolute Gasteiger partial charge is 0.326 e. The van der Waals surface area contributed by atoms with Gasteiger partial charge in [-0.15, -0.1) is 0 Å². The first-order valence-corrected chi connectivity index (χ1v) is 19.2. The molecule has 17 nitrogen and oxygen atoms in total. The predicted molar refractivity (Wildman–Crippen MR) is 203 cm³/mol. The van der Waals surface area contributed by atoms with Crippen molar-refractivity contribution in [2.24, 2.45) is 17.0 Å². The second-order valence-electron chi connectivity index (χ2n) is 14.7. The number of rotatable bonds is 22. The zero-order chi connectivity index (χ0) is 39.6. The van der Waals surface area contributed by atoms with E-state index in [0.717, 1.165) is 39.3 Å². The molecule has 3 rings (SSSR count). The Bertz CT molecular complexity index is 1430. The summed E-state index contributed by atoms with van der Waals surface area (Å²) in [6.45, 7) is 13.9. The Kier molecular flexibility index (Phi) is 18.5. The van der Waals surface area contributed by atoms with E-state index in [1.165, 1.54) is 17.0 Å². The minimum atomic E-state index is -1.19. The molecule has 0 saturated carbocycles. The number of azide groups is 1. The molecule has 1 aromatic carbocycles. The van der Waals surface area contributed by atoms with Gasteiger partial charge in [0.25, 0.3) is 0 Å². The van der Waals surface area contributed by atoms with Crippen LogP contribution in [0.15, 0.2) is 29.4 Å². The van der Waals surface area contributed by atoms with Crippen molar-refractivity contribution >= 4 is 29.6 Å². The van der Waals surface area contributed by atoms with Crippen molar-refractivity contribution in [2.75, 3.05) is 52.4 Å². The maximum absolute atomic E-state index is 14.0. The summed E-state index contributed by atoms with van der Waals surface area (Å²) in [6.07, 6.45) is 2.46. The molecule has 0 bridgehead atoms. The summed E-state index contributed by atoms with van der Waals surface area (Å²) < 4.78 is 0. The number of carboxylic acid groups (broad SMARTS) is 1. The summed E-state index contributed by atoms with van der Waals surface area (Å²) in [5, 5.41) is 38.2. The Morgan fingerprint density at radius 2 is 1.69 bits per heavy atom. The van der Waals surface area contributed by atoms with Gasteiger partial charge in [-0.3, -0.25) is 24.1 Å². The van der Waals surface area contributed by atoms with E-state index in [4.69, 9.17) is 0 Å². The summed E-state index contributed by atoms with van der Waals surface area (Å²) in [5.74, 6) is -3.88. The van der Waals surface area contributed by atoms with E-state index in [-0.39, 0.29) is 37.0 Å². The Labute approximate surface area is 318 Å². The van der Waals surface area contributed by atoms with Gasteiger partial charge in [0.2, 0.25) is 23.6 Å². The first-order valence-electron chi connectivity index (χ1n) is 19.2. The number of aliphatic carboxylic acids is 1. The molecule has 7 N–H and O–H groups in total. The number of piperazine rings is 1. The maximum atomic E-state index is 14.0. The fourth-order valence-corrected chi connectivity index (χ4v) is 6.76. The number of phenolic OH excluding ortho intramolecular Hbond substituents is 1. The Morgan fingerprint density at radius 1 is 0.981 bits per heavy atom. The van der Waals surface area contributed by atoms with Crippen molar-refractivity contribution in [1.29, 1.82) is 0 Å². The van der Waals surface area contributed by atoms with Gasteiger partial charge in [0.15, 0.2) is 0 Å². The van der Waals surface area contributed by atoms with Crippen LogP contribution in [0.25, 0.3) is 10.4 Å². The summed E-state index contributed by atoms with van der Waals surface area (Å²) in [7, 11) is 0. The van der Waals surface area contributed by atoms with E-state index in [0.29, 0.717) is 44.2 Å². The number of hydrogen-bond donors (Lipinski definition) is 7. The number of aromatic hydroxyl groups is 1. The molecule has 300 valence electrons. The Balaban J connectivity index is 1.71. The number of carbonyl (C=O) groups is 5. The highest BCUT2D eigenvalue weighted by Gasteiger charge is 2.39. The second kappa shape index (κ2) is 22.7. The predicted octanol–water partition coefficient (Wildman–Crippen LogP) is 1.51. The number of likely N-dealkylation sites (tertiary alicyclic amines) is 1. The normalized spacial score (nSPS) is 18.8. The summed E-state index contributed by atoms with van der Waals surface area (Å²) in [6, 6.07) is 0.796. The first kappa shape index (κ1) is 44.0. The maximum Gasteiger partial charge on any atom is 0.326 e. The molecule has 2 aliphatic rings. The molecule has 0 radical (unpaired) electrons. The Morgan fingerprint density at radius 3 is 2.31 bits per heavy atom. The molecule has 6 atom stereocenters. The molecule has 2 heterocycles. The van der Waals surface area contributed by atoms with E-state index in [9.17, 15) is 39.7 Å². The van der Waals surface area contributed by atoms with Gasteiger partial charge < -0.3 is 41.7 Å². The lowest BCUT2D eigenvalue weighted by molar-refractivity contribution is -0.143. The number of amides is 4. The number of nitrogens with zero attached hydrogens (tertiary/aromatic N) is 5. The monoisotopic (exact) mass is 756 g/mol. The molecule has 2 saturated heterocycles. The van der Waals surface area contributed by atoms with Crippen LogP contribution in [0, 0.1) is 11.8 Å². The van der Waals surface area contributed by atoms with E-state index >= 15 is 0 Å². The van der Waals surface area contributed by atoms with Crippen molar-refractivity contribution < 1.29 is 34.2 Å². The van der Waals surface area contributed by atoms with Crippen molar-refractivity contribution in [1.82, 2.24) is 36.4 Å². The molecule has 2 fully saturated rings. The minimum absolute atomic E-state index is 0.00145. The standard InChI is InChI=1S/C37H60N10O7/c1-5-25(4)32(35(51)42-30(37(53)54)22-24(2)3)43-33(49)29(23-26-10-12-27(48)13-11-26)41-34(50)31-9-7-18-47(31)36(52)28(44-45-38)8-6-14-39-15-19-46-20-16-40-17-21-46/h10-13,24-25,28-32,39-40,48H,5-9,14-23H2,1-4H3,(H,41,50)(H,42,51)(H,43,49)(H,53,54)/t25-,28-,29-,30-,31-,32-/m0/s1. The van der Waals surface area contributed by atoms with Gasteiger partial charge in [-0.05, 0) is 73.7 Å². The third-order valence-corrected chi connectivity index (χ3v) is 10.1. The molecule has 2 aliphatic heterocycles. The summed E-state index contributed by atoms with van der Waals surface area (Å²) in [4.78, 5) is 73.7. The van der Waals surface area contributed by atoms with Crippen LogP contribution in [0.2, 0.25) is 0 Å². The highest BCUT2D eigenvalue weighted by Crippen LogP contribution is 2.22. The summed E-state index contributed by atoms with van der Waals surface area (Å²) >= 11 is 0. The third kappa shape index (κ3) is 14.1. The number of hydrogen-bond acceptors (Lipinski definition) is 10. The fraction of sp³-hybridized carbons (Fsp3) is 0.703. The van der Waals surface area contributed by atoms with Gasteiger partial charge in [-0.25, -0.2) is 4.79 Å². The molecule has 0 aromatic heterocycles. The van der Waals surface area contributed by atoms with Crippen LogP contribution in [0.4, 0.5) is 0 Å². The number of phenols is 1. The fourth-order valence-electron chi connectivity index (χ4n) is 6.76. The van der Waals surface area contributed by atoms with E-state index in [1.807, 2.05) is 20.8 Å². The zero-order valence-electron chi connectivity index (χ0n) is 32.1. The topological polar surface area (TPSA) is 241 Å². The molecule has 0 unspecified atom stereocenters. The molecule has 1 aromatic rings. The van der Waals surface area contributed by atoms with E-state index < -0.39 is 59.8 Å². The highest BCUT2D eigenvalue weighted by molar-refractivity contribution is 5.96. The lowest BCUT2D eigenvalue weighted by atomic mass is 9.96. The average molecular weight is 757 g/mol. The number of carbonyl (C=O) groups excluding carboxylic acids is 4. The van der Waals surface area contributed by atoms with Gasteiger partial charge >= 0.3 is 5.97 Å². The molecule has 0 spiro atoms. The average Bonchev–Trinajstić information content (AvgIpc) is 3.65. The SMILES string of the molecule is CC[C@H](C)[C@H](NC(=O)[C@H](Cc1ccc(O)cc1)NC(=O)[C@@H]1CCCN1C(=O)[C@H](CCCNCCN1CCNCC1)N=[N+]=[N-])C(=O)N[C@@H](CC(C)C)C(=O)O. The third-order valence-electron chi connectivity index (χ3n) is 10.1. The largest absolute Gasteiger partial charge is 0.508 e. The van der Waals surface area contributed by atoms with Crippen molar-refractivity contribution in [3.63, 3.8) is 0 Å². The second-order valence-corrected chi connectivity index (χ2v) is 14.7. The highest BCUT2D eigenvalue weighted by atomic mass is 16.4. The zero-order valence-corrected chi connectivity index (χ0v) is 32.1. The molecular formula is C37H60N10O7. The van der Waals surface area contributed by atoms with E-state index in [2.05, 4.69) is 41.5 Å². The number of benzene rings is 1. The molecule has 4 amide bonds. The van der Waals surface area contributed by atoms with Gasteiger partial charge in [-0.1, -0.05) is 51.4 Å². The van der Waals surface area contributed by atoms with Gasteiger partial charge in [0.1, 0.15) is 36.0 Å². The molecule has 0 aliphatic carbocycles. The lowest BCUT2D eigenvalue weighted by Crippen LogP contribution is -2.59. The van der Waals surface area contributed by atoms with Crippen LogP contribution in [0.1, 0.15) is 71.8 Å². The molecular weight excluding hydrogens is 696 g/mol. The van der Waals surface area contributed by atoms with Crippen molar-refractivity contribution in [3.8, 4) is 5.75 Å². The van der Waals surface area contributed by atoms with Crippen LogP contribution >= 0.6 is 0 Å². The van der Waals surface area contributed by atoms with Crippen LogP contribution in [0.5, 0.6) is 5.75 Å². The van der Waals surface area contributed by atoms with Crippen molar-refractivity contribution in [2.45, 2.75) is 103 Å². The number of nitrogens with one attached hydrogen (secondary N) is 5. The summed E-state index contributed by atoms with van der Waals surface area (Å²) in [5.41, 5.74) is 9.89. The molecule has 17 heteroatoms. The quantitative estimate of drug-likeness (QED) is 0.0389. The Hall–Kier alpha value is -4.44. The molecule has 54 heavy (non-hydrogen) atoms. The van der Waals surface area contributed by atoms with Crippen LogP contribution < -0.4 is 26.6 Å². The van der Waals surface area contributed by atoms with Crippen LogP contribution in [0.3, 0.4) is 0 Å². The van der Waals surface area contributed by atoms with E-state index in [1.54, 1.807) is 19.1 Å². The van der Waals surface area contributed by atoms with Gasteiger partial charge in [-0.2, -0.15) is 0 Å². The van der Waals surface area contributed by atoms with Crippen LogP contribution in [-0.2, 0) is 30.4 Å². The minimum Gasteiger partial charge on any atom is -0.508 e. The van der Waals surface area contributed by atoms with Crippen molar-refractivity contribution in [3.05, 3.63) is 40.3 Å². The van der Waals surface area contributed by atoms with Gasteiger partial charge in [0, 0.05) is 57.1 Å². The number of carboxylic acids is 1. The lowest BCUT2D eigenvalue weighted by Gasteiger charge is -2.30.